The molecule has 1 aromatic carbocycles. The van der Waals surface area contributed by atoms with Gasteiger partial charge in [-0.25, -0.2) is 14.8 Å². The van der Waals surface area contributed by atoms with Gasteiger partial charge < -0.3 is 26.8 Å². The summed E-state index contributed by atoms with van der Waals surface area (Å²) in [5.41, 5.74) is 9.16. The molecule has 3 amide bonds. The standard InChI is InChI=1S/C29H34F3N9O7/c1-15(42)19(10-11-21(43)37-20(26(46)48-2)5-3-4-12-33)38-24(44)16-6-8-18(9-7-16)41(27(47)29(30,31)32)14-17-13-35-23-22(36-17)25(45)40-28(34)39-23/h6-9,13,19-20H,3-5,10-12,14,33H2,1-2H3,(H,37,43)(H,38,44)(H3,34,35,39,40,45). The maximum atomic E-state index is 13.5. The van der Waals surface area contributed by atoms with Gasteiger partial charge in [-0.15, -0.1) is 0 Å². The fraction of sp³-hybridized carbons (Fsp3) is 0.414. The lowest BCUT2D eigenvalue weighted by molar-refractivity contribution is -0.170. The van der Waals surface area contributed by atoms with Crippen molar-refractivity contribution in [3.8, 4) is 0 Å². The summed E-state index contributed by atoms with van der Waals surface area (Å²) in [7, 11) is 1.18. The Kier molecular flexibility index (Phi) is 12.6. The molecule has 0 aliphatic rings. The number of benzene rings is 1. The topological polar surface area (TPSA) is 245 Å². The molecule has 0 bridgehead atoms. The van der Waals surface area contributed by atoms with E-state index in [-0.39, 0.29) is 46.9 Å². The average Bonchev–Trinajstić information content (AvgIpc) is 3.04. The molecule has 48 heavy (non-hydrogen) atoms. The number of carbonyl (C=O) groups is 5. The normalized spacial score (nSPS) is 12.5. The van der Waals surface area contributed by atoms with Crippen molar-refractivity contribution in [2.24, 2.45) is 5.73 Å². The number of methoxy groups -OCH3 is 1. The van der Waals surface area contributed by atoms with Gasteiger partial charge in [0.2, 0.25) is 11.9 Å². The number of alkyl halides is 3. The van der Waals surface area contributed by atoms with Crippen LogP contribution in [0.15, 0.2) is 35.3 Å². The van der Waals surface area contributed by atoms with Gasteiger partial charge >= 0.3 is 18.1 Å². The number of halogens is 3. The third kappa shape index (κ3) is 10.0. The third-order valence-electron chi connectivity index (χ3n) is 6.96. The Hall–Kier alpha value is -5.46. The van der Waals surface area contributed by atoms with Crippen molar-refractivity contribution in [2.45, 2.75) is 63.8 Å². The average molecular weight is 678 g/mol. The lowest BCUT2D eigenvalue weighted by Crippen LogP contribution is -2.44. The van der Waals surface area contributed by atoms with Crippen LogP contribution in [0.4, 0.5) is 24.8 Å². The largest absolute Gasteiger partial charge is 0.471 e. The summed E-state index contributed by atoms with van der Waals surface area (Å²) in [6, 6.07) is 2.41. The van der Waals surface area contributed by atoms with Crippen LogP contribution in [0.5, 0.6) is 0 Å². The number of nitrogen functional groups attached to an aromatic ring is 1. The van der Waals surface area contributed by atoms with E-state index in [9.17, 15) is 41.9 Å². The number of fused-ring (bicyclic) bond motifs is 1. The van der Waals surface area contributed by atoms with Gasteiger partial charge in [0.1, 0.15) is 6.04 Å². The molecular weight excluding hydrogens is 643 g/mol. The monoisotopic (exact) mass is 677 g/mol. The molecule has 2 aromatic heterocycles. The Balaban J connectivity index is 1.73. The molecule has 0 fully saturated rings. The number of unbranched alkanes of at least 4 members (excludes halogenated alkanes) is 1. The van der Waals surface area contributed by atoms with E-state index in [1.165, 1.54) is 14.0 Å². The molecule has 258 valence electrons. The van der Waals surface area contributed by atoms with Crippen molar-refractivity contribution in [1.82, 2.24) is 30.6 Å². The van der Waals surface area contributed by atoms with Gasteiger partial charge in [0, 0.05) is 17.7 Å². The van der Waals surface area contributed by atoms with Crippen molar-refractivity contribution in [3.05, 3.63) is 52.1 Å². The van der Waals surface area contributed by atoms with E-state index in [1.54, 1.807) is 0 Å². The maximum absolute atomic E-state index is 13.5. The second kappa shape index (κ2) is 16.4. The molecule has 2 heterocycles. The lowest BCUT2D eigenvalue weighted by atomic mass is 10.1. The van der Waals surface area contributed by atoms with Gasteiger partial charge in [-0.3, -0.25) is 33.9 Å². The molecule has 7 N–H and O–H groups in total. The van der Waals surface area contributed by atoms with Gasteiger partial charge in [0.05, 0.1) is 31.6 Å². The highest BCUT2D eigenvalue weighted by atomic mass is 19.4. The number of esters is 1. The van der Waals surface area contributed by atoms with Crippen LogP contribution in [-0.2, 0) is 30.5 Å². The van der Waals surface area contributed by atoms with E-state index < -0.39 is 59.8 Å². The Morgan fingerprint density at radius 1 is 1.02 bits per heavy atom. The molecule has 0 aliphatic heterocycles. The number of amides is 3. The van der Waals surface area contributed by atoms with E-state index >= 15 is 0 Å². The minimum atomic E-state index is -5.30. The van der Waals surface area contributed by atoms with Crippen molar-refractivity contribution in [2.75, 3.05) is 24.3 Å². The van der Waals surface area contributed by atoms with Crippen molar-refractivity contribution in [3.63, 3.8) is 0 Å². The number of aromatic amines is 1. The molecule has 16 nitrogen and oxygen atoms in total. The van der Waals surface area contributed by atoms with Gasteiger partial charge in [0.15, 0.2) is 16.9 Å². The molecule has 0 saturated heterocycles. The van der Waals surface area contributed by atoms with E-state index in [2.05, 4.69) is 30.6 Å². The first kappa shape index (κ1) is 37.0. The Morgan fingerprint density at radius 2 is 1.71 bits per heavy atom. The molecule has 19 heteroatoms. The second-order valence-electron chi connectivity index (χ2n) is 10.5. The number of carbonyl (C=O) groups excluding carboxylic acids is 5. The zero-order valence-corrected chi connectivity index (χ0v) is 25.9. The van der Waals surface area contributed by atoms with Crippen LogP contribution in [0.1, 0.15) is 55.1 Å². The molecule has 3 aromatic rings. The first-order valence-electron chi connectivity index (χ1n) is 14.5. The molecule has 0 saturated carbocycles. The van der Waals surface area contributed by atoms with Crippen LogP contribution in [0.25, 0.3) is 11.2 Å². The first-order valence-corrected chi connectivity index (χ1v) is 14.5. The van der Waals surface area contributed by atoms with Crippen LogP contribution in [0.2, 0.25) is 0 Å². The summed E-state index contributed by atoms with van der Waals surface area (Å²) in [5, 5.41) is 5.03. The van der Waals surface area contributed by atoms with Crippen LogP contribution >= 0.6 is 0 Å². The first-order chi connectivity index (χ1) is 22.6. The maximum Gasteiger partial charge on any atom is 0.471 e. The van der Waals surface area contributed by atoms with Crippen LogP contribution in [0, 0.1) is 0 Å². The summed E-state index contributed by atoms with van der Waals surface area (Å²) in [5.74, 6) is -4.95. The van der Waals surface area contributed by atoms with Crippen LogP contribution in [0.3, 0.4) is 0 Å². The van der Waals surface area contributed by atoms with Crippen molar-refractivity contribution >= 4 is 52.3 Å². The van der Waals surface area contributed by atoms with Crippen LogP contribution < -0.4 is 32.6 Å². The molecule has 2 unspecified atom stereocenters. The number of Topliss-reactive ketones (excluding diaryl/α,β-unsaturated/α-hetero) is 1. The van der Waals surface area contributed by atoms with Gasteiger partial charge in [-0.05, 0) is 63.4 Å². The fourth-order valence-electron chi connectivity index (χ4n) is 4.48. The zero-order chi connectivity index (χ0) is 35.6. The number of H-pyrrole nitrogens is 1. The SMILES string of the molecule is COC(=O)C(CCCCN)NC(=O)CCC(NC(=O)c1ccc(N(Cc2cnc3nc(N)[nH]c(=O)c3n2)C(=O)C(F)(F)F)cc1)C(C)=O. The van der Waals surface area contributed by atoms with E-state index in [1.807, 2.05) is 0 Å². The third-order valence-corrected chi connectivity index (χ3v) is 6.96. The highest BCUT2D eigenvalue weighted by Gasteiger charge is 2.43. The fourth-order valence-corrected chi connectivity index (χ4v) is 4.48. The number of rotatable bonds is 15. The van der Waals surface area contributed by atoms with Gasteiger partial charge in [0.25, 0.3) is 11.5 Å². The number of hydrogen-bond donors (Lipinski definition) is 5. The number of aromatic nitrogens is 4. The van der Waals surface area contributed by atoms with E-state index in [4.69, 9.17) is 16.2 Å². The van der Waals surface area contributed by atoms with Gasteiger partial charge in [-0.1, -0.05) is 0 Å². The predicted octanol–water partition coefficient (Wildman–Crippen LogP) is 0.645. The second-order valence-corrected chi connectivity index (χ2v) is 10.5. The molecule has 2 atom stereocenters. The Bertz CT molecular complexity index is 1720. The number of hydrogen-bond acceptors (Lipinski definition) is 12. The predicted molar refractivity (Wildman–Crippen MR) is 164 cm³/mol. The lowest BCUT2D eigenvalue weighted by Gasteiger charge is -2.24. The number of ether oxygens (including phenoxy) is 1. The van der Waals surface area contributed by atoms with Crippen molar-refractivity contribution in [1.29, 1.82) is 0 Å². The molecule has 3 rings (SSSR count). The Labute approximate surface area is 270 Å². The summed E-state index contributed by atoms with van der Waals surface area (Å²) in [6.45, 7) is 0.854. The highest BCUT2D eigenvalue weighted by Crippen LogP contribution is 2.26. The number of ketones is 1. The van der Waals surface area contributed by atoms with E-state index in [0.29, 0.717) is 30.7 Å². The molecular formula is C29H34F3N9O7. The molecule has 0 aliphatic carbocycles. The Morgan fingerprint density at radius 3 is 2.31 bits per heavy atom. The van der Waals surface area contributed by atoms with E-state index in [0.717, 1.165) is 30.5 Å². The zero-order valence-electron chi connectivity index (χ0n) is 25.9. The summed E-state index contributed by atoms with van der Waals surface area (Å²) >= 11 is 0. The molecule has 0 radical (unpaired) electrons. The number of nitrogens with zero attached hydrogens (tertiary/aromatic N) is 4. The number of nitrogens with one attached hydrogen (secondary N) is 3. The molecule has 0 spiro atoms. The number of anilines is 2. The summed E-state index contributed by atoms with van der Waals surface area (Å²) in [4.78, 5) is 88.5. The minimum absolute atomic E-state index is 0.0692. The van der Waals surface area contributed by atoms with Gasteiger partial charge in [-0.2, -0.15) is 18.2 Å². The summed E-state index contributed by atoms with van der Waals surface area (Å²) < 4.78 is 45.3. The number of nitrogens with two attached hydrogens (primary N) is 2. The smallest absolute Gasteiger partial charge is 0.467 e. The minimum Gasteiger partial charge on any atom is -0.467 e. The highest BCUT2D eigenvalue weighted by molar-refractivity contribution is 6.00. The van der Waals surface area contributed by atoms with Crippen molar-refractivity contribution < 1.29 is 41.9 Å². The quantitative estimate of drug-likeness (QED) is 0.110. The summed E-state index contributed by atoms with van der Waals surface area (Å²) in [6.07, 6.45) is -3.11. The van der Waals surface area contributed by atoms with Crippen LogP contribution in [-0.4, -0.2) is 81.3 Å².